The summed E-state index contributed by atoms with van der Waals surface area (Å²) >= 11 is 0. The van der Waals surface area contributed by atoms with Gasteiger partial charge in [0.1, 0.15) is 23.1 Å². The van der Waals surface area contributed by atoms with E-state index in [9.17, 15) is 19.1 Å². The summed E-state index contributed by atoms with van der Waals surface area (Å²) in [6, 6.07) is 16.5. The third kappa shape index (κ3) is 4.24. The molecule has 0 saturated heterocycles. The van der Waals surface area contributed by atoms with E-state index in [-0.39, 0.29) is 28.4 Å². The summed E-state index contributed by atoms with van der Waals surface area (Å²) in [5.41, 5.74) is 0.504. The Bertz CT molecular complexity index is 837. The molecule has 0 aromatic heterocycles. The second-order valence-electron chi connectivity index (χ2n) is 5.30. The molecule has 0 bridgehead atoms. The molecule has 3 aromatic carbocycles. The average Bonchev–Trinajstić information content (AvgIpc) is 2.64. The number of rotatable bonds is 4. The van der Waals surface area contributed by atoms with Crippen LogP contribution in [0.15, 0.2) is 72.8 Å². The van der Waals surface area contributed by atoms with Gasteiger partial charge in [-0.1, -0.05) is 0 Å². The molecule has 0 aliphatic carbocycles. The number of aromatic hydroxyl groups is 1. The Morgan fingerprint density at radius 2 is 1.04 bits per heavy atom. The highest BCUT2D eigenvalue weighted by molar-refractivity contribution is 5.91. The fourth-order valence-corrected chi connectivity index (χ4v) is 2.09. The van der Waals surface area contributed by atoms with E-state index in [1.165, 1.54) is 72.8 Å². The summed E-state index contributed by atoms with van der Waals surface area (Å²) < 4.78 is 23.2. The second kappa shape index (κ2) is 7.48. The Labute approximate surface area is 148 Å². The molecule has 3 aromatic rings. The third-order valence-electron chi connectivity index (χ3n) is 3.43. The molecule has 0 radical (unpaired) electrons. The Morgan fingerprint density at radius 1 is 0.654 bits per heavy atom. The predicted molar refractivity (Wildman–Crippen MR) is 90.9 cm³/mol. The zero-order valence-electron chi connectivity index (χ0n) is 13.4. The third-order valence-corrected chi connectivity index (χ3v) is 3.43. The van der Waals surface area contributed by atoms with Crippen LogP contribution in [0.25, 0.3) is 0 Å². The van der Waals surface area contributed by atoms with E-state index >= 15 is 0 Å². The van der Waals surface area contributed by atoms with Gasteiger partial charge >= 0.3 is 11.9 Å². The van der Waals surface area contributed by atoms with Crippen molar-refractivity contribution in [3.8, 4) is 17.2 Å². The molecule has 1 N–H and O–H groups in total. The average molecular weight is 352 g/mol. The van der Waals surface area contributed by atoms with Gasteiger partial charge in [0.15, 0.2) is 0 Å². The van der Waals surface area contributed by atoms with Crippen LogP contribution in [-0.4, -0.2) is 17.0 Å². The maximum absolute atomic E-state index is 12.9. The maximum Gasteiger partial charge on any atom is 0.343 e. The van der Waals surface area contributed by atoms with Crippen molar-refractivity contribution < 1.29 is 28.6 Å². The van der Waals surface area contributed by atoms with Crippen LogP contribution in [0.2, 0.25) is 0 Å². The van der Waals surface area contributed by atoms with Gasteiger partial charge in [0, 0.05) is 0 Å². The first-order valence-corrected chi connectivity index (χ1v) is 7.60. The van der Waals surface area contributed by atoms with Crippen LogP contribution in [0.1, 0.15) is 20.7 Å². The molecule has 0 saturated carbocycles. The monoisotopic (exact) mass is 352 g/mol. The Hall–Kier alpha value is -3.67. The number of phenols is 1. The fraction of sp³-hybridized carbons (Fsp3) is 0. The number of hydrogen-bond donors (Lipinski definition) is 1. The number of ether oxygens (including phenoxy) is 2. The van der Waals surface area contributed by atoms with Crippen LogP contribution >= 0.6 is 0 Å². The van der Waals surface area contributed by atoms with Crippen LogP contribution in [0.5, 0.6) is 17.2 Å². The van der Waals surface area contributed by atoms with Crippen molar-refractivity contribution in [3.63, 3.8) is 0 Å². The second-order valence-corrected chi connectivity index (χ2v) is 5.30. The highest BCUT2D eigenvalue weighted by atomic mass is 19.1. The molecule has 26 heavy (non-hydrogen) atoms. The van der Waals surface area contributed by atoms with Crippen LogP contribution in [0, 0.1) is 5.82 Å². The first-order chi connectivity index (χ1) is 12.5. The zero-order chi connectivity index (χ0) is 18.5. The van der Waals surface area contributed by atoms with Crippen molar-refractivity contribution in [3.05, 3.63) is 89.7 Å². The van der Waals surface area contributed by atoms with Gasteiger partial charge in [0.25, 0.3) is 0 Å². The van der Waals surface area contributed by atoms with Gasteiger partial charge in [-0.25, -0.2) is 14.0 Å². The zero-order valence-corrected chi connectivity index (χ0v) is 13.4. The highest BCUT2D eigenvalue weighted by Crippen LogP contribution is 2.20. The van der Waals surface area contributed by atoms with Gasteiger partial charge in [-0.15, -0.1) is 0 Å². The lowest BCUT2D eigenvalue weighted by molar-refractivity contribution is 0.0719. The number of carbonyl (C=O) groups is 2. The summed E-state index contributed by atoms with van der Waals surface area (Å²) in [5.74, 6) is -1.08. The SMILES string of the molecule is O=C(Oc1ccc(OC(=O)c2ccc(F)cc2)cc1)c1ccc(O)cc1. The lowest BCUT2D eigenvalue weighted by Crippen LogP contribution is -2.09. The first-order valence-electron chi connectivity index (χ1n) is 7.60. The quantitative estimate of drug-likeness (QED) is 0.568. The van der Waals surface area contributed by atoms with Crippen LogP contribution < -0.4 is 9.47 Å². The highest BCUT2D eigenvalue weighted by Gasteiger charge is 2.11. The molecule has 3 rings (SSSR count). The largest absolute Gasteiger partial charge is 0.508 e. The lowest BCUT2D eigenvalue weighted by atomic mass is 10.2. The molecule has 0 heterocycles. The van der Waals surface area contributed by atoms with E-state index in [0.29, 0.717) is 0 Å². The molecule has 5 nitrogen and oxygen atoms in total. The summed E-state index contributed by atoms with van der Waals surface area (Å²) in [6.07, 6.45) is 0. The lowest BCUT2D eigenvalue weighted by Gasteiger charge is -2.07. The van der Waals surface area contributed by atoms with Crippen LogP contribution in [0.4, 0.5) is 4.39 Å². The van der Waals surface area contributed by atoms with Crippen molar-refractivity contribution in [2.75, 3.05) is 0 Å². The predicted octanol–water partition coefficient (Wildman–Crippen LogP) is 3.97. The number of carbonyl (C=O) groups excluding carboxylic acids is 2. The normalized spacial score (nSPS) is 10.2. The maximum atomic E-state index is 12.9. The molecule has 6 heteroatoms. The summed E-state index contributed by atoms with van der Waals surface area (Å²) in [6.45, 7) is 0. The standard InChI is InChI=1S/C20H13FO5/c21-15-5-1-13(2-6-15)19(23)25-17-9-11-18(12-10-17)26-20(24)14-3-7-16(22)8-4-14/h1-12,22H. The number of phenolic OH excluding ortho intramolecular Hbond substituents is 1. The Morgan fingerprint density at radius 3 is 1.46 bits per heavy atom. The molecule has 0 fully saturated rings. The first kappa shape index (κ1) is 17.2. The molecule has 0 amide bonds. The molecule has 0 aliphatic rings. The Kier molecular flexibility index (Phi) is 4.94. The minimum Gasteiger partial charge on any atom is -0.508 e. The van der Waals surface area contributed by atoms with Crippen molar-refractivity contribution in [1.82, 2.24) is 0 Å². The van der Waals surface area contributed by atoms with Crippen LogP contribution in [-0.2, 0) is 0 Å². The van der Waals surface area contributed by atoms with Gasteiger partial charge in [-0.05, 0) is 72.8 Å². The Balaban J connectivity index is 1.62. The minimum absolute atomic E-state index is 0.0499. The molecule has 130 valence electrons. The number of halogens is 1. The molecule has 0 unspecified atom stereocenters. The molecular weight excluding hydrogens is 339 g/mol. The molecule has 0 aliphatic heterocycles. The van der Waals surface area contributed by atoms with Crippen LogP contribution in [0.3, 0.4) is 0 Å². The molecular formula is C20H13FO5. The van der Waals surface area contributed by atoms with Crippen molar-refractivity contribution >= 4 is 11.9 Å². The van der Waals surface area contributed by atoms with Gasteiger partial charge in [0.05, 0.1) is 11.1 Å². The topological polar surface area (TPSA) is 72.8 Å². The van der Waals surface area contributed by atoms with E-state index in [1.54, 1.807) is 0 Å². The smallest absolute Gasteiger partial charge is 0.343 e. The fourth-order valence-electron chi connectivity index (χ4n) is 2.09. The van der Waals surface area contributed by atoms with E-state index in [2.05, 4.69) is 0 Å². The van der Waals surface area contributed by atoms with E-state index in [1.807, 2.05) is 0 Å². The minimum atomic E-state index is -0.626. The van der Waals surface area contributed by atoms with Gasteiger partial charge in [0.2, 0.25) is 0 Å². The molecule has 0 spiro atoms. The number of benzene rings is 3. The van der Waals surface area contributed by atoms with Crippen molar-refractivity contribution in [1.29, 1.82) is 0 Å². The van der Waals surface area contributed by atoms with E-state index in [4.69, 9.17) is 9.47 Å². The number of esters is 2. The summed E-state index contributed by atoms with van der Waals surface area (Å²) in [5, 5.41) is 9.21. The van der Waals surface area contributed by atoms with Gasteiger partial charge in [-0.2, -0.15) is 0 Å². The summed E-state index contributed by atoms with van der Waals surface area (Å²) in [7, 11) is 0. The van der Waals surface area contributed by atoms with Crippen molar-refractivity contribution in [2.45, 2.75) is 0 Å². The van der Waals surface area contributed by atoms with E-state index in [0.717, 1.165) is 0 Å². The van der Waals surface area contributed by atoms with Gasteiger partial charge in [-0.3, -0.25) is 0 Å². The van der Waals surface area contributed by atoms with Crippen molar-refractivity contribution in [2.24, 2.45) is 0 Å². The summed E-state index contributed by atoms with van der Waals surface area (Å²) in [4.78, 5) is 23.9. The number of hydrogen-bond acceptors (Lipinski definition) is 5. The molecule has 0 atom stereocenters. The van der Waals surface area contributed by atoms with E-state index < -0.39 is 17.8 Å². The van der Waals surface area contributed by atoms with Gasteiger partial charge < -0.3 is 14.6 Å².